The van der Waals surface area contributed by atoms with Crippen LogP contribution in [0.1, 0.15) is 92.0 Å². The predicted molar refractivity (Wildman–Crippen MR) is 153 cm³/mol. The lowest BCUT2D eigenvalue weighted by atomic mass is 9.86. The van der Waals surface area contributed by atoms with Crippen molar-refractivity contribution in [1.29, 1.82) is 0 Å². The molecule has 1 unspecified atom stereocenters. The molecule has 2 fully saturated rings. The van der Waals surface area contributed by atoms with Crippen molar-refractivity contribution >= 4 is 34.9 Å². The van der Waals surface area contributed by atoms with Crippen LogP contribution in [0.25, 0.3) is 10.4 Å². The number of alkyl carbamates (subject to hydrolysis) is 1. The van der Waals surface area contributed by atoms with E-state index in [-0.39, 0.29) is 30.0 Å². The van der Waals surface area contributed by atoms with Gasteiger partial charge in [0.1, 0.15) is 0 Å². The van der Waals surface area contributed by atoms with Crippen LogP contribution in [0.4, 0.5) is 16.3 Å². The number of benzene rings is 1. The fourth-order valence-electron chi connectivity index (χ4n) is 5.42. The Morgan fingerprint density at radius 2 is 1.95 bits per heavy atom. The van der Waals surface area contributed by atoms with Crippen LogP contribution in [0.5, 0.6) is 0 Å². The Kier molecular flexibility index (Phi) is 8.70. The highest BCUT2D eigenvalue weighted by molar-refractivity contribution is 7.15. The summed E-state index contributed by atoms with van der Waals surface area (Å²) in [6.45, 7) is 6.40. The molecule has 2 aliphatic rings. The number of amides is 1. The molecule has 11 heteroatoms. The number of rotatable bonds is 8. The van der Waals surface area contributed by atoms with Crippen molar-refractivity contribution in [3.05, 3.63) is 46.7 Å². The minimum Gasteiger partial charge on any atom is -0.478 e. The van der Waals surface area contributed by atoms with Crippen LogP contribution in [-0.2, 0) is 9.47 Å². The van der Waals surface area contributed by atoms with Crippen LogP contribution >= 0.6 is 11.3 Å². The van der Waals surface area contributed by atoms with E-state index in [1.54, 1.807) is 23.6 Å². The summed E-state index contributed by atoms with van der Waals surface area (Å²) in [4.78, 5) is 29.7. The number of aromatic nitrogens is 3. The summed E-state index contributed by atoms with van der Waals surface area (Å²) < 4.78 is 13.0. The number of anilines is 2. The molecular formula is C29H37N5O5S. The number of carboxylic acid groups (broad SMARTS) is 1. The summed E-state index contributed by atoms with van der Waals surface area (Å²) in [6, 6.07) is 7.40. The van der Waals surface area contributed by atoms with Gasteiger partial charge in [-0.2, -0.15) is 5.10 Å². The molecule has 1 aromatic carbocycles. The van der Waals surface area contributed by atoms with Gasteiger partial charge in [0.15, 0.2) is 12.0 Å². The van der Waals surface area contributed by atoms with Crippen LogP contribution in [0.3, 0.4) is 0 Å². The number of carboxylic acids is 1. The fraction of sp³-hybridized carbons (Fsp3) is 0.517. The molecule has 1 amide bonds. The van der Waals surface area contributed by atoms with E-state index in [1.807, 2.05) is 43.7 Å². The van der Waals surface area contributed by atoms with Crippen LogP contribution in [0, 0.1) is 6.92 Å². The molecule has 3 aromatic rings. The van der Waals surface area contributed by atoms with Crippen LogP contribution < -0.4 is 10.6 Å². The van der Waals surface area contributed by atoms with Gasteiger partial charge >= 0.3 is 12.1 Å². The Hall–Kier alpha value is -3.44. The molecule has 10 nitrogen and oxygen atoms in total. The van der Waals surface area contributed by atoms with Gasteiger partial charge in [-0.15, -0.1) is 11.3 Å². The maximum atomic E-state index is 12.2. The summed E-state index contributed by atoms with van der Waals surface area (Å²) in [5.74, 6) is -0.0530. The molecule has 2 aromatic heterocycles. The van der Waals surface area contributed by atoms with Gasteiger partial charge in [-0.25, -0.2) is 19.3 Å². The van der Waals surface area contributed by atoms with Gasteiger partial charge in [-0.05, 0) is 77.8 Å². The lowest BCUT2D eigenvalue weighted by Gasteiger charge is -2.28. The molecular weight excluding hydrogens is 530 g/mol. The summed E-state index contributed by atoms with van der Waals surface area (Å²) in [5, 5.41) is 21.9. The summed E-state index contributed by atoms with van der Waals surface area (Å²) in [6.07, 6.45) is 7.85. The zero-order valence-corrected chi connectivity index (χ0v) is 24.0. The topological polar surface area (TPSA) is 128 Å². The average Bonchev–Trinajstić information content (AvgIpc) is 3.56. The number of aryl methyl sites for hydroxylation is 1. The molecule has 40 heavy (non-hydrogen) atoms. The SMILES string of the molecule is Cc1cc(Nc2ccc(-c3cnc([C@H]4CC[C@H](NC(=O)OC(C)C)CC4)s3)c(C(=O)O)c2)nn1C1CCCCO1. The van der Waals surface area contributed by atoms with Crippen molar-refractivity contribution < 1.29 is 24.2 Å². The largest absolute Gasteiger partial charge is 0.478 e. The summed E-state index contributed by atoms with van der Waals surface area (Å²) in [7, 11) is 0. The lowest BCUT2D eigenvalue weighted by molar-refractivity contribution is -0.0404. The maximum Gasteiger partial charge on any atom is 0.407 e. The molecule has 1 atom stereocenters. The third-order valence-electron chi connectivity index (χ3n) is 7.40. The molecule has 1 aliphatic heterocycles. The minimum atomic E-state index is -0.995. The third kappa shape index (κ3) is 6.64. The van der Waals surface area contributed by atoms with E-state index in [1.165, 1.54) is 0 Å². The van der Waals surface area contributed by atoms with Crippen LogP contribution in [0.2, 0.25) is 0 Å². The molecule has 5 rings (SSSR count). The molecule has 1 saturated heterocycles. The second-order valence-corrected chi connectivity index (χ2v) is 11.9. The van der Waals surface area contributed by atoms with E-state index >= 15 is 0 Å². The van der Waals surface area contributed by atoms with Gasteiger partial charge < -0.3 is 25.2 Å². The van der Waals surface area contributed by atoms with Crippen molar-refractivity contribution in [3.63, 3.8) is 0 Å². The first-order chi connectivity index (χ1) is 19.3. The Balaban J connectivity index is 1.25. The van der Waals surface area contributed by atoms with E-state index in [0.717, 1.165) is 67.1 Å². The molecule has 3 heterocycles. The number of hydrogen-bond donors (Lipinski definition) is 3. The Morgan fingerprint density at radius 3 is 2.65 bits per heavy atom. The molecule has 0 bridgehead atoms. The summed E-state index contributed by atoms with van der Waals surface area (Å²) in [5.41, 5.74) is 2.50. The third-order valence-corrected chi connectivity index (χ3v) is 8.60. The highest BCUT2D eigenvalue weighted by atomic mass is 32.1. The molecule has 0 radical (unpaired) electrons. The van der Waals surface area contributed by atoms with Crippen LogP contribution in [-0.4, -0.2) is 50.7 Å². The second-order valence-electron chi connectivity index (χ2n) is 10.8. The smallest absolute Gasteiger partial charge is 0.407 e. The quantitative estimate of drug-likeness (QED) is 0.277. The zero-order valence-electron chi connectivity index (χ0n) is 23.2. The number of thiazole rings is 1. The molecule has 0 spiro atoms. The zero-order chi connectivity index (χ0) is 28.2. The molecule has 1 aliphatic carbocycles. The van der Waals surface area contributed by atoms with Gasteiger partial charge in [-0.1, -0.05) is 6.07 Å². The van der Waals surface area contributed by atoms with Gasteiger partial charge in [0.2, 0.25) is 0 Å². The first kappa shape index (κ1) is 28.1. The number of carbonyl (C=O) groups excluding carboxylic acids is 1. The molecule has 214 valence electrons. The van der Waals surface area contributed by atoms with Gasteiger partial charge in [0.25, 0.3) is 0 Å². The standard InChI is InChI=1S/C29H37N5O5S/c1-17(2)39-29(37)32-20-9-7-19(8-10-20)27-30-16-24(40-27)22-12-11-21(15-23(22)28(35)36)31-25-14-18(3)34(33-25)26-6-4-5-13-38-26/h11-12,14-17,19-20,26H,4-10,13H2,1-3H3,(H,31,33)(H,32,37)(H,35,36)/t19-,20-,26?. The number of carbonyl (C=O) groups is 2. The lowest BCUT2D eigenvalue weighted by Crippen LogP contribution is -2.38. The van der Waals surface area contributed by atoms with Crippen molar-refractivity contribution in [2.45, 2.75) is 90.0 Å². The highest BCUT2D eigenvalue weighted by Crippen LogP contribution is 2.39. The Morgan fingerprint density at radius 1 is 1.15 bits per heavy atom. The second kappa shape index (κ2) is 12.4. The first-order valence-corrected chi connectivity index (χ1v) is 14.8. The highest BCUT2D eigenvalue weighted by Gasteiger charge is 2.27. The van der Waals surface area contributed by atoms with Gasteiger partial charge in [0, 0.05) is 47.8 Å². The molecule has 3 N–H and O–H groups in total. The van der Waals surface area contributed by atoms with Gasteiger partial charge in [-0.3, -0.25) is 0 Å². The van der Waals surface area contributed by atoms with Crippen LogP contribution in [0.15, 0.2) is 30.5 Å². The van der Waals surface area contributed by atoms with Crippen molar-refractivity contribution in [2.75, 3.05) is 11.9 Å². The number of aromatic carboxylic acids is 1. The Bertz CT molecular complexity index is 1340. The minimum absolute atomic E-state index is 0.0607. The van der Waals surface area contributed by atoms with Gasteiger partial charge in [0.05, 0.1) is 21.6 Å². The van der Waals surface area contributed by atoms with Crippen molar-refractivity contribution in [2.24, 2.45) is 0 Å². The monoisotopic (exact) mass is 567 g/mol. The van der Waals surface area contributed by atoms with E-state index in [2.05, 4.69) is 20.7 Å². The molecule has 1 saturated carbocycles. The first-order valence-electron chi connectivity index (χ1n) is 14.0. The predicted octanol–water partition coefficient (Wildman–Crippen LogP) is 6.62. The van der Waals surface area contributed by atoms with Crippen molar-refractivity contribution in [1.82, 2.24) is 20.1 Å². The van der Waals surface area contributed by atoms with E-state index in [9.17, 15) is 14.7 Å². The number of ether oxygens (including phenoxy) is 2. The number of nitrogens with one attached hydrogen (secondary N) is 2. The summed E-state index contributed by atoms with van der Waals surface area (Å²) >= 11 is 1.54. The number of nitrogens with zero attached hydrogens (tertiary/aromatic N) is 3. The van der Waals surface area contributed by atoms with Crippen molar-refractivity contribution in [3.8, 4) is 10.4 Å². The van der Waals surface area contributed by atoms with E-state index in [0.29, 0.717) is 23.0 Å². The fourth-order valence-corrected chi connectivity index (χ4v) is 6.55. The Labute approximate surface area is 238 Å². The van der Waals surface area contributed by atoms with E-state index < -0.39 is 5.97 Å². The normalized spacial score (nSPS) is 21.2. The van der Waals surface area contributed by atoms with E-state index in [4.69, 9.17) is 9.47 Å². The maximum absolute atomic E-state index is 12.2. The number of hydrogen-bond acceptors (Lipinski definition) is 8. The average molecular weight is 568 g/mol.